The van der Waals surface area contributed by atoms with Crippen molar-refractivity contribution in [2.45, 2.75) is 39.2 Å². The summed E-state index contributed by atoms with van der Waals surface area (Å²) < 4.78 is 20.3. The molecule has 9 nitrogen and oxygen atoms in total. The zero-order valence-electron chi connectivity index (χ0n) is 19.5. The monoisotopic (exact) mass is 464 g/mol. The molecule has 10 heteroatoms. The van der Waals surface area contributed by atoms with Gasteiger partial charge in [-0.1, -0.05) is 0 Å². The number of benzene rings is 1. The Morgan fingerprint density at radius 3 is 2.79 bits per heavy atom. The number of hydrogen-bond acceptors (Lipinski definition) is 9. The van der Waals surface area contributed by atoms with Crippen LogP contribution in [0.1, 0.15) is 56.0 Å². The Labute approximate surface area is 197 Å². The first-order valence-electron chi connectivity index (χ1n) is 11.2. The van der Waals surface area contributed by atoms with Crippen molar-refractivity contribution >= 4 is 23.0 Å². The van der Waals surface area contributed by atoms with Crippen LogP contribution in [-0.4, -0.2) is 40.7 Å². The fourth-order valence-electron chi connectivity index (χ4n) is 3.81. The van der Waals surface area contributed by atoms with Gasteiger partial charge in [0.25, 0.3) is 5.88 Å². The van der Waals surface area contributed by atoms with E-state index in [0.29, 0.717) is 52.0 Å². The molecular weight excluding hydrogens is 435 g/mol. The summed E-state index contributed by atoms with van der Waals surface area (Å²) in [5, 5.41) is 13.3. The van der Waals surface area contributed by atoms with Crippen molar-refractivity contribution < 1.29 is 9.13 Å². The highest BCUT2D eigenvalue weighted by molar-refractivity contribution is 6.48. The summed E-state index contributed by atoms with van der Waals surface area (Å²) in [5.41, 5.74) is 18.9. The number of nitrogens with zero attached hydrogens (tertiary/aromatic N) is 4. The van der Waals surface area contributed by atoms with Crippen LogP contribution in [0, 0.1) is 17.1 Å². The maximum Gasteiger partial charge on any atom is 0.258 e. The molecule has 1 aliphatic carbocycles. The van der Waals surface area contributed by atoms with Gasteiger partial charge in [0, 0.05) is 42.4 Å². The van der Waals surface area contributed by atoms with E-state index in [0.717, 1.165) is 12.8 Å². The van der Waals surface area contributed by atoms with Crippen molar-refractivity contribution in [3.63, 3.8) is 0 Å². The number of nitrogen functional groups attached to an aromatic ring is 1. The Hall–Kier alpha value is -3.82. The number of fused-ring (bicyclic) bond motifs is 3. The van der Waals surface area contributed by atoms with E-state index in [1.54, 1.807) is 33.2 Å². The van der Waals surface area contributed by atoms with Gasteiger partial charge in [-0.2, -0.15) is 5.10 Å². The Bertz CT molecular complexity index is 1210. The number of rotatable bonds is 3. The number of anilines is 1. The third kappa shape index (κ3) is 4.90. The average molecular weight is 465 g/mol. The smallest absolute Gasteiger partial charge is 0.258 e. The first-order chi connectivity index (χ1) is 16.3. The van der Waals surface area contributed by atoms with Crippen LogP contribution in [0.15, 0.2) is 45.8 Å². The van der Waals surface area contributed by atoms with Crippen LogP contribution in [0.4, 0.5) is 10.2 Å². The molecule has 1 aliphatic heterocycles. The second-order valence-electron chi connectivity index (χ2n) is 8.57. The average Bonchev–Trinajstić information content (AvgIpc) is 3.63. The van der Waals surface area contributed by atoms with Gasteiger partial charge in [0.05, 0.1) is 23.3 Å². The lowest BCUT2D eigenvalue weighted by molar-refractivity contribution is 0.217. The standard InChI is InChI=1S/C24H29FN8O/c1-12(26)17-9-19(33-29-3)21(27)16-7-6-15(25)8-18(16)13(2)34-24-23(28)31-11-20(32-24)22(17)30-10-14-4-5-14/h6-8,11,13-14,27,29H,4-5,9-10,26H2,1-3H3,(H2,28,31)/b17-12?,27-21?,30-22?,33-19-/t13-/m1/s1. The number of nitrogens with one attached hydrogen (secondary N) is 2. The number of aliphatic imine (C=N–C) groups is 1. The van der Waals surface area contributed by atoms with Crippen LogP contribution in [0.5, 0.6) is 5.88 Å². The number of hydrazone groups is 1. The molecule has 0 radical (unpaired) electrons. The van der Waals surface area contributed by atoms with Gasteiger partial charge in [-0.25, -0.2) is 14.4 Å². The quantitative estimate of drug-likeness (QED) is 0.513. The van der Waals surface area contributed by atoms with E-state index in [9.17, 15) is 4.39 Å². The van der Waals surface area contributed by atoms with Gasteiger partial charge in [0.1, 0.15) is 17.6 Å². The summed E-state index contributed by atoms with van der Waals surface area (Å²) in [6, 6.07) is 4.21. The summed E-state index contributed by atoms with van der Waals surface area (Å²) in [7, 11) is 1.66. The van der Waals surface area contributed by atoms with Crippen LogP contribution >= 0.6 is 0 Å². The van der Waals surface area contributed by atoms with E-state index in [1.165, 1.54) is 12.1 Å². The maximum atomic E-state index is 14.2. The molecule has 1 aromatic carbocycles. The highest BCUT2D eigenvalue weighted by Crippen LogP contribution is 2.32. The molecule has 1 aromatic heterocycles. The van der Waals surface area contributed by atoms with E-state index in [2.05, 4.69) is 20.5 Å². The van der Waals surface area contributed by atoms with Crippen molar-refractivity contribution in [2.75, 3.05) is 19.3 Å². The van der Waals surface area contributed by atoms with Gasteiger partial charge in [0.2, 0.25) is 0 Å². The second-order valence-corrected chi connectivity index (χ2v) is 8.57. The SMILES string of the molecule is CN/N=C1/CC(=C(C)N)C(=NCC2CC2)c2cnc(N)c(n2)O[C@H](C)c2cc(F)ccc2C1=N. The number of ether oxygens (including phenoxy) is 1. The lowest BCUT2D eigenvalue weighted by Crippen LogP contribution is -2.26. The fraction of sp³-hybridized carbons (Fsp3) is 0.375. The zero-order chi connectivity index (χ0) is 24.4. The highest BCUT2D eigenvalue weighted by atomic mass is 19.1. The summed E-state index contributed by atoms with van der Waals surface area (Å²) in [4.78, 5) is 13.8. The molecule has 178 valence electrons. The normalized spacial score (nSPS) is 22.5. The van der Waals surface area contributed by atoms with Gasteiger partial charge >= 0.3 is 0 Å². The predicted molar refractivity (Wildman–Crippen MR) is 131 cm³/mol. The Morgan fingerprint density at radius 1 is 1.35 bits per heavy atom. The molecule has 2 heterocycles. The minimum atomic E-state index is -0.661. The predicted octanol–water partition coefficient (Wildman–Crippen LogP) is 3.12. The van der Waals surface area contributed by atoms with Crippen LogP contribution < -0.4 is 21.6 Å². The van der Waals surface area contributed by atoms with E-state index in [1.807, 2.05) is 0 Å². The van der Waals surface area contributed by atoms with Crippen LogP contribution in [0.2, 0.25) is 0 Å². The first-order valence-corrected chi connectivity index (χ1v) is 11.2. The van der Waals surface area contributed by atoms with Crippen molar-refractivity contribution in [1.29, 1.82) is 5.41 Å². The Kier molecular flexibility index (Phi) is 6.58. The topological polar surface area (TPSA) is 148 Å². The van der Waals surface area contributed by atoms with Crippen molar-refractivity contribution in [3.05, 3.63) is 58.3 Å². The van der Waals surface area contributed by atoms with Gasteiger partial charge in [0.15, 0.2) is 5.82 Å². The van der Waals surface area contributed by atoms with E-state index in [4.69, 9.17) is 26.6 Å². The summed E-state index contributed by atoms with van der Waals surface area (Å²) >= 11 is 0. The summed E-state index contributed by atoms with van der Waals surface area (Å²) in [5.74, 6) is 0.317. The molecule has 6 N–H and O–H groups in total. The number of aromatic nitrogens is 2. The lowest BCUT2D eigenvalue weighted by atomic mass is 9.91. The minimum Gasteiger partial charge on any atom is -0.467 e. The molecule has 34 heavy (non-hydrogen) atoms. The molecule has 1 atom stereocenters. The van der Waals surface area contributed by atoms with E-state index < -0.39 is 11.9 Å². The molecule has 0 unspecified atom stereocenters. The van der Waals surface area contributed by atoms with Crippen molar-refractivity contribution in [3.8, 4) is 5.88 Å². The van der Waals surface area contributed by atoms with Gasteiger partial charge in [-0.3, -0.25) is 10.4 Å². The maximum absolute atomic E-state index is 14.2. The van der Waals surface area contributed by atoms with Crippen LogP contribution in [0.3, 0.4) is 0 Å². The molecule has 0 amide bonds. The first kappa shape index (κ1) is 23.3. The molecule has 2 aliphatic rings. The van der Waals surface area contributed by atoms with Crippen LogP contribution in [0.25, 0.3) is 0 Å². The molecule has 0 saturated heterocycles. The molecule has 4 rings (SSSR count). The van der Waals surface area contributed by atoms with E-state index >= 15 is 0 Å². The number of nitrogens with two attached hydrogens (primary N) is 2. The minimum absolute atomic E-state index is 0.106. The molecule has 0 spiro atoms. The zero-order valence-corrected chi connectivity index (χ0v) is 19.5. The van der Waals surface area contributed by atoms with Crippen molar-refractivity contribution in [2.24, 2.45) is 21.7 Å². The van der Waals surface area contributed by atoms with Gasteiger partial charge in [-0.05, 0) is 50.8 Å². The number of allylic oxidation sites excluding steroid dienone is 2. The molecule has 2 bridgehead atoms. The molecule has 1 fully saturated rings. The van der Waals surface area contributed by atoms with E-state index in [-0.39, 0.29) is 23.8 Å². The van der Waals surface area contributed by atoms with Crippen LogP contribution in [-0.2, 0) is 0 Å². The Morgan fingerprint density at radius 2 is 2.12 bits per heavy atom. The third-order valence-electron chi connectivity index (χ3n) is 5.86. The van der Waals surface area contributed by atoms with Crippen molar-refractivity contribution in [1.82, 2.24) is 15.4 Å². The molecule has 1 saturated carbocycles. The third-order valence-corrected chi connectivity index (χ3v) is 5.86. The number of hydrogen-bond donors (Lipinski definition) is 4. The summed E-state index contributed by atoms with van der Waals surface area (Å²) in [6.45, 7) is 4.17. The largest absolute Gasteiger partial charge is 0.467 e. The molecule has 2 aromatic rings. The van der Waals surface area contributed by atoms with Gasteiger partial charge < -0.3 is 21.6 Å². The lowest BCUT2D eigenvalue weighted by Gasteiger charge is -2.22. The fourth-order valence-corrected chi connectivity index (χ4v) is 3.81. The Balaban J connectivity index is 1.95. The molecular formula is C24H29FN8O. The summed E-state index contributed by atoms with van der Waals surface area (Å²) in [6.07, 6.45) is 3.38. The second kappa shape index (κ2) is 9.58. The van der Waals surface area contributed by atoms with Gasteiger partial charge in [-0.15, -0.1) is 0 Å². The highest BCUT2D eigenvalue weighted by Gasteiger charge is 2.27. The number of halogens is 1.